The Labute approximate surface area is 105 Å². The largest absolute Gasteiger partial charge is 0.466 e. The molecule has 0 aliphatic heterocycles. The third-order valence-electron chi connectivity index (χ3n) is 1.93. The van der Waals surface area contributed by atoms with E-state index in [9.17, 15) is 4.79 Å². The number of esters is 1. The first kappa shape index (κ1) is 16.4. The highest BCUT2D eigenvalue weighted by Gasteiger charge is 2.11. The zero-order valence-corrected chi connectivity index (χ0v) is 11.6. The summed E-state index contributed by atoms with van der Waals surface area (Å²) in [6.45, 7) is 8.91. The Hall–Kier alpha value is -0.610. The van der Waals surface area contributed by atoms with Gasteiger partial charge in [-0.1, -0.05) is 13.3 Å². The predicted molar refractivity (Wildman–Crippen MR) is 66.5 cm³/mol. The lowest BCUT2D eigenvalue weighted by atomic mass is 10.2. The summed E-state index contributed by atoms with van der Waals surface area (Å²) < 4.78 is 5.03. The second-order valence-corrected chi connectivity index (χ2v) is 5.05. The van der Waals surface area contributed by atoms with Crippen LogP contribution < -0.4 is 0 Å². The van der Waals surface area contributed by atoms with Gasteiger partial charge in [-0.25, -0.2) is 9.78 Å². The van der Waals surface area contributed by atoms with Gasteiger partial charge in [0, 0.05) is 6.42 Å². The number of ether oxygens (including phenoxy) is 1. The first-order chi connectivity index (χ1) is 7.95. The molecule has 0 aromatic carbocycles. The van der Waals surface area contributed by atoms with Crippen LogP contribution in [0.3, 0.4) is 0 Å². The number of rotatable bonds is 9. The normalized spacial score (nSPS) is 11.5. The quantitative estimate of drug-likeness (QED) is 0.271. The van der Waals surface area contributed by atoms with Crippen molar-refractivity contribution in [1.29, 1.82) is 0 Å². The number of carbonyl (C=O) groups excluding carboxylic acids is 1. The van der Waals surface area contributed by atoms with E-state index < -0.39 is 0 Å². The maximum Gasteiger partial charge on any atom is 0.305 e. The standard InChI is InChI=1S/C13H26O4/c1-5-6-10-15-12(14)9-7-8-11-16-17-13(2,3)4/h5-11H2,1-4H3. The number of hydrogen-bond acceptors (Lipinski definition) is 4. The van der Waals surface area contributed by atoms with Gasteiger partial charge in [-0.3, -0.25) is 4.79 Å². The van der Waals surface area contributed by atoms with Crippen LogP contribution in [-0.4, -0.2) is 24.8 Å². The van der Waals surface area contributed by atoms with Gasteiger partial charge in [-0.05, 0) is 40.0 Å². The van der Waals surface area contributed by atoms with Crippen LogP contribution in [0, 0.1) is 0 Å². The SMILES string of the molecule is CCCCOC(=O)CCCCOOC(C)(C)C. The molecule has 0 bridgehead atoms. The molecule has 0 aliphatic rings. The molecule has 0 saturated heterocycles. The van der Waals surface area contributed by atoms with Gasteiger partial charge in [-0.15, -0.1) is 0 Å². The Kier molecular flexibility index (Phi) is 9.09. The fourth-order valence-corrected chi connectivity index (χ4v) is 1.05. The molecular weight excluding hydrogens is 220 g/mol. The predicted octanol–water partition coefficient (Wildman–Crippen LogP) is 3.25. The van der Waals surface area contributed by atoms with E-state index in [2.05, 4.69) is 6.92 Å². The molecule has 4 nitrogen and oxygen atoms in total. The number of hydrogen-bond donors (Lipinski definition) is 0. The molecule has 0 fully saturated rings. The van der Waals surface area contributed by atoms with E-state index in [-0.39, 0.29) is 11.6 Å². The lowest BCUT2D eigenvalue weighted by Crippen LogP contribution is -2.19. The molecule has 0 unspecified atom stereocenters. The van der Waals surface area contributed by atoms with Gasteiger partial charge in [-0.2, -0.15) is 0 Å². The minimum atomic E-state index is -0.279. The first-order valence-corrected chi connectivity index (χ1v) is 6.42. The van der Waals surface area contributed by atoms with Crippen LogP contribution in [0.2, 0.25) is 0 Å². The Bertz CT molecular complexity index is 196. The summed E-state index contributed by atoms with van der Waals surface area (Å²) in [6.07, 6.45) is 4.03. The minimum absolute atomic E-state index is 0.116. The first-order valence-electron chi connectivity index (χ1n) is 6.42. The summed E-state index contributed by atoms with van der Waals surface area (Å²) in [5, 5.41) is 0. The highest BCUT2D eigenvalue weighted by molar-refractivity contribution is 5.69. The molecule has 4 heteroatoms. The molecule has 17 heavy (non-hydrogen) atoms. The summed E-state index contributed by atoms with van der Waals surface area (Å²) in [7, 11) is 0. The van der Waals surface area contributed by atoms with Crippen LogP contribution in [0.4, 0.5) is 0 Å². The molecule has 0 amide bonds. The van der Waals surface area contributed by atoms with Gasteiger partial charge >= 0.3 is 5.97 Å². The van der Waals surface area contributed by atoms with E-state index in [0.29, 0.717) is 19.6 Å². The van der Waals surface area contributed by atoms with Crippen LogP contribution in [0.15, 0.2) is 0 Å². The van der Waals surface area contributed by atoms with Crippen molar-refractivity contribution in [3.05, 3.63) is 0 Å². The fourth-order valence-electron chi connectivity index (χ4n) is 1.05. The van der Waals surface area contributed by atoms with Crippen molar-refractivity contribution in [2.24, 2.45) is 0 Å². The van der Waals surface area contributed by atoms with Crippen molar-refractivity contribution in [2.75, 3.05) is 13.2 Å². The van der Waals surface area contributed by atoms with E-state index in [1.165, 1.54) is 0 Å². The van der Waals surface area contributed by atoms with Crippen LogP contribution in [0.25, 0.3) is 0 Å². The molecule has 0 aliphatic carbocycles. The van der Waals surface area contributed by atoms with Gasteiger partial charge < -0.3 is 4.74 Å². The van der Waals surface area contributed by atoms with Gasteiger partial charge in [0.05, 0.1) is 18.8 Å². The third-order valence-corrected chi connectivity index (χ3v) is 1.93. The molecule has 0 aromatic rings. The van der Waals surface area contributed by atoms with Crippen molar-refractivity contribution >= 4 is 5.97 Å². The zero-order valence-electron chi connectivity index (χ0n) is 11.6. The zero-order chi connectivity index (χ0) is 13.1. The third kappa shape index (κ3) is 13.3. The molecule has 0 saturated carbocycles. The lowest BCUT2D eigenvalue weighted by Gasteiger charge is -2.17. The van der Waals surface area contributed by atoms with E-state index in [0.717, 1.165) is 25.7 Å². The number of carbonyl (C=O) groups is 1. The van der Waals surface area contributed by atoms with Crippen LogP contribution in [-0.2, 0) is 19.3 Å². The average molecular weight is 246 g/mol. The van der Waals surface area contributed by atoms with Crippen LogP contribution >= 0.6 is 0 Å². The smallest absolute Gasteiger partial charge is 0.305 e. The maximum absolute atomic E-state index is 11.2. The maximum atomic E-state index is 11.2. The highest BCUT2D eigenvalue weighted by Crippen LogP contribution is 2.08. The highest BCUT2D eigenvalue weighted by atomic mass is 17.2. The minimum Gasteiger partial charge on any atom is -0.466 e. The van der Waals surface area contributed by atoms with Gasteiger partial charge in [0.1, 0.15) is 0 Å². The van der Waals surface area contributed by atoms with Crippen LogP contribution in [0.1, 0.15) is 59.8 Å². The van der Waals surface area contributed by atoms with Gasteiger partial charge in [0.15, 0.2) is 0 Å². The lowest BCUT2D eigenvalue weighted by molar-refractivity contribution is -0.348. The summed E-state index contributed by atoms with van der Waals surface area (Å²) in [4.78, 5) is 21.3. The fraction of sp³-hybridized carbons (Fsp3) is 0.923. The molecule has 0 atom stereocenters. The summed E-state index contributed by atoms with van der Waals surface area (Å²) in [5.74, 6) is -0.116. The molecule has 0 heterocycles. The van der Waals surface area contributed by atoms with E-state index in [4.69, 9.17) is 14.5 Å². The molecule has 0 aromatic heterocycles. The van der Waals surface area contributed by atoms with Gasteiger partial charge in [0.25, 0.3) is 0 Å². The molecule has 0 radical (unpaired) electrons. The monoisotopic (exact) mass is 246 g/mol. The Morgan fingerprint density at radius 3 is 2.35 bits per heavy atom. The second kappa shape index (κ2) is 9.42. The molecule has 0 N–H and O–H groups in total. The van der Waals surface area contributed by atoms with E-state index >= 15 is 0 Å². The average Bonchev–Trinajstić information content (AvgIpc) is 2.22. The topological polar surface area (TPSA) is 44.8 Å². The molecule has 0 rings (SSSR count). The Morgan fingerprint density at radius 1 is 1.06 bits per heavy atom. The van der Waals surface area contributed by atoms with Gasteiger partial charge in [0.2, 0.25) is 0 Å². The molecule has 0 spiro atoms. The second-order valence-electron chi connectivity index (χ2n) is 5.05. The molecular formula is C13H26O4. The molecule has 102 valence electrons. The van der Waals surface area contributed by atoms with Crippen molar-refractivity contribution in [3.8, 4) is 0 Å². The van der Waals surface area contributed by atoms with E-state index in [1.54, 1.807) is 0 Å². The van der Waals surface area contributed by atoms with Crippen molar-refractivity contribution in [3.63, 3.8) is 0 Å². The Morgan fingerprint density at radius 2 is 1.76 bits per heavy atom. The summed E-state index contributed by atoms with van der Waals surface area (Å²) in [5.41, 5.74) is -0.279. The van der Waals surface area contributed by atoms with Crippen molar-refractivity contribution in [1.82, 2.24) is 0 Å². The van der Waals surface area contributed by atoms with Crippen molar-refractivity contribution < 1.29 is 19.3 Å². The van der Waals surface area contributed by atoms with Crippen molar-refractivity contribution in [2.45, 2.75) is 65.4 Å². The summed E-state index contributed by atoms with van der Waals surface area (Å²) >= 11 is 0. The van der Waals surface area contributed by atoms with Crippen LogP contribution in [0.5, 0.6) is 0 Å². The summed E-state index contributed by atoms with van der Waals surface area (Å²) in [6, 6.07) is 0. The van der Waals surface area contributed by atoms with E-state index in [1.807, 2.05) is 20.8 Å². The number of unbranched alkanes of at least 4 members (excludes halogenated alkanes) is 2. The Balaban J connectivity index is 3.25.